The van der Waals surface area contributed by atoms with Crippen molar-refractivity contribution in [2.24, 2.45) is 0 Å². The molecule has 20 heavy (non-hydrogen) atoms. The molecular weight excluding hydrogens is 320 g/mol. The van der Waals surface area contributed by atoms with Crippen LogP contribution in [0.15, 0.2) is 22.7 Å². The Morgan fingerprint density at radius 3 is 2.55 bits per heavy atom. The monoisotopic (exact) mass is 338 g/mol. The zero-order chi connectivity index (χ0) is 14.7. The molecule has 0 bridgehead atoms. The number of nitrogens with one attached hydrogen (secondary N) is 1. The molecule has 0 unspecified atom stereocenters. The standard InChI is InChI=1S/C15H19BrN2O2/c1-10-4-3-5-13(14(10)16)15(20)17-12-6-8-18(9-7-12)11(2)19/h3-5,12H,6-9H2,1-2H3,(H,17,20). The summed E-state index contributed by atoms with van der Waals surface area (Å²) in [5.74, 6) is 0.0538. The summed E-state index contributed by atoms with van der Waals surface area (Å²) < 4.78 is 0.846. The van der Waals surface area contributed by atoms with Crippen LogP contribution in [-0.4, -0.2) is 35.8 Å². The Morgan fingerprint density at radius 2 is 1.95 bits per heavy atom. The summed E-state index contributed by atoms with van der Waals surface area (Å²) in [5, 5.41) is 3.06. The lowest BCUT2D eigenvalue weighted by Gasteiger charge is -2.31. The number of amides is 2. The minimum atomic E-state index is -0.0538. The van der Waals surface area contributed by atoms with Gasteiger partial charge in [0.05, 0.1) is 5.56 Å². The van der Waals surface area contributed by atoms with Gasteiger partial charge in [0.2, 0.25) is 5.91 Å². The molecule has 1 saturated heterocycles. The predicted octanol–water partition coefficient (Wildman–Crippen LogP) is 2.50. The molecule has 4 nitrogen and oxygen atoms in total. The van der Waals surface area contributed by atoms with E-state index in [-0.39, 0.29) is 17.9 Å². The van der Waals surface area contributed by atoms with Gasteiger partial charge >= 0.3 is 0 Å². The number of benzene rings is 1. The van der Waals surface area contributed by atoms with Gasteiger partial charge in [0.1, 0.15) is 0 Å². The summed E-state index contributed by atoms with van der Waals surface area (Å²) in [7, 11) is 0. The quantitative estimate of drug-likeness (QED) is 0.900. The number of likely N-dealkylation sites (tertiary alicyclic amines) is 1. The molecule has 1 aliphatic heterocycles. The van der Waals surface area contributed by atoms with Gasteiger partial charge in [-0.15, -0.1) is 0 Å². The average molecular weight is 339 g/mol. The van der Waals surface area contributed by atoms with Crippen LogP contribution >= 0.6 is 15.9 Å². The second-order valence-electron chi connectivity index (χ2n) is 5.19. The van der Waals surface area contributed by atoms with Crippen LogP contribution in [-0.2, 0) is 4.79 Å². The van der Waals surface area contributed by atoms with Gasteiger partial charge in [-0.2, -0.15) is 0 Å². The summed E-state index contributed by atoms with van der Waals surface area (Å²) in [4.78, 5) is 25.4. The first kappa shape index (κ1) is 15.0. The fourth-order valence-electron chi connectivity index (χ4n) is 2.42. The minimum absolute atomic E-state index is 0.0538. The van der Waals surface area contributed by atoms with Crippen LogP contribution in [0.3, 0.4) is 0 Å². The zero-order valence-electron chi connectivity index (χ0n) is 11.8. The Kier molecular flexibility index (Phi) is 4.81. The highest BCUT2D eigenvalue weighted by atomic mass is 79.9. The third-order valence-electron chi connectivity index (χ3n) is 3.71. The van der Waals surface area contributed by atoms with E-state index < -0.39 is 0 Å². The highest BCUT2D eigenvalue weighted by Gasteiger charge is 2.23. The number of carbonyl (C=O) groups is 2. The fraction of sp³-hybridized carbons (Fsp3) is 0.467. The minimum Gasteiger partial charge on any atom is -0.349 e. The normalized spacial score (nSPS) is 16.1. The lowest BCUT2D eigenvalue weighted by atomic mass is 10.0. The molecule has 0 aliphatic carbocycles. The SMILES string of the molecule is CC(=O)N1CCC(NC(=O)c2cccc(C)c2Br)CC1. The van der Waals surface area contributed by atoms with Gasteiger partial charge in [-0.1, -0.05) is 12.1 Å². The van der Waals surface area contributed by atoms with Crippen molar-refractivity contribution in [3.8, 4) is 0 Å². The maximum atomic E-state index is 12.3. The maximum absolute atomic E-state index is 12.3. The van der Waals surface area contributed by atoms with Crippen molar-refractivity contribution in [1.29, 1.82) is 0 Å². The second-order valence-corrected chi connectivity index (χ2v) is 5.98. The van der Waals surface area contributed by atoms with Crippen LogP contribution in [0.1, 0.15) is 35.7 Å². The van der Waals surface area contributed by atoms with Gasteiger partial charge < -0.3 is 10.2 Å². The first-order valence-electron chi connectivity index (χ1n) is 6.80. The molecule has 1 aromatic carbocycles. The smallest absolute Gasteiger partial charge is 0.252 e. The summed E-state index contributed by atoms with van der Waals surface area (Å²) >= 11 is 3.46. The third-order valence-corrected chi connectivity index (χ3v) is 4.76. The number of rotatable bonds is 2. The van der Waals surface area contributed by atoms with Gasteiger partial charge in [0.25, 0.3) is 5.91 Å². The maximum Gasteiger partial charge on any atom is 0.252 e. The Hall–Kier alpha value is -1.36. The van der Waals surface area contributed by atoms with Crippen molar-refractivity contribution in [2.75, 3.05) is 13.1 Å². The van der Waals surface area contributed by atoms with E-state index in [1.807, 2.05) is 30.0 Å². The number of hydrogen-bond donors (Lipinski definition) is 1. The summed E-state index contributed by atoms with van der Waals surface area (Å²) in [5.41, 5.74) is 1.71. The van der Waals surface area contributed by atoms with Crippen LogP contribution in [0.25, 0.3) is 0 Å². The molecule has 108 valence electrons. The molecule has 0 spiro atoms. The van der Waals surface area contributed by atoms with Crippen LogP contribution in [0.5, 0.6) is 0 Å². The predicted molar refractivity (Wildman–Crippen MR) is 81.6 cm³/mol. The first-order chi connectivity index (χ1) is 9.49. The number of halogens is 1. The number of aryl methyl sites for hydroxylation is 1. The van der Waals surface area contributed by atoms with E-state index in [9.17, 15) is 9.59 Å². The van der Waals surface area contributed by atoms with Crippen molar-refractivity contribution >= 4 is 27.7 Å². The molecule has 0 aromatic heterocycles. The topological polar surface area (TPSA) is 49.4 Å². The van der Waals surface area contributed by atoms with Crippen LogP contribution in [0.2, 0.25) is 0 Å². The van der Waals surface area contributed by atoms with Crippen molar-refractivity contribution < 1.29 is 9.59 Å². The summed E-state index contributed by atoms with van der Waals surface area (Å²) in [6, 6.07) is 5.81. The Bertz CT molecular complexity index is 523. The lowest BCUT2D eigenvalue weighted by Crippen LogP contribution is -2.46. The van der Waals surface area contributed by atoms with E-state index in [1.54, 1.807) is 6.92 Å². The highest BCUT2D eigenvalue weighted by Crippen LogP contribution is 2.21. The van der Waals surface area contributed by atoms with Crippen LogP contribution in [0.4, 0.5) is 0 Å². The van der Waals surface area contributed by atoms with Crippen molar-refractivity contribution in [3.63, 3.8) is 0 Å². The van der Waals surface area contributed by atoms with Gasteiger partial charge in [-0.25, -0.2) is 0 Å². The molecule has 0 radical (unpaired) electrons. The van der Waals surface area contributed by atoms with Gasteiger partial charge in [-0.3, -0.25) is 9.59 Å². The molecule has 2 amide bonds. The zero-order valence-corrected chi connectivity index (χ0v) is 13.4. The number of hydrogen-bond acceptors (Lipinski definition) is 2. The largest absolute Gasteiger partial charge is 0.349 e. The molecule has 0 atom stereocenters. The first-order valence-corrected chi connectivity index (χ1v) is 7.60. The van der Waals surface area contributed by atoms with Crippen LogP contribution < -0.4 is 5.32 Å². The molecule has 5 heteroatoms. The number of carbonyl (C=O) groups excluding carboxylic acids is 2. The number of piperidine rings is 1. The second kappa shape index (κ2) is 6.39. The molecule has 1 fully saturated rings. The number of nitrogens with zero attached hydrogens (tertiary/aromatic N) is 1. The van der Waals surface area contributed by atoms with E-state index in [1.165, 1.54) is 0 Å². The Labute approximate surface area is 127 Å². The van der Waals surface area contributed by atoms with E-state index in [0.29, 0.717) is 5.56 Å². The molecule has 1 heterocycles. The molecule has 2 rings (SSSR count). The van der Waals surface area contributed by atoms with Gasteiger partial charge in [-0.05, 0) is 47.3 Å². The van der Waals surface area contributed by atoms with Crippen molar-refractivity contribution in [2.45, 2.75) is 32.7 Å². The lowest BCUT2D eigenvalue weighted by molar-refractivity contribution is -0.129. The van der Waals surface area contributed by atoms with E-state index in [2.05, 4.69) is 21.2 Å². The average Bonchev–Trinajstić information content (AvgIpc) is 2.42. The molecule has 1 aromatic rings. The molecule has 1 N–H and O–H groups in total. The molecule has 0 saturated carbocycles. The van der Waals surface area contributed by atoms with E-state index in [0.717, 1.165) is 36.0 Å². The summed E-state index contributed by atoms with van der Waals surface area (Å²) in [6.45, 7) is 4.99. The molecular formula is C15H19BrN2O2. The van der Waals surface area contributed by atoms with Crippen LogP contribution in [0, 0.1) is 6.92 Å². The van der Waals surface area contributed by atoms with Crippen molar-refractivity contribution in [1.82, 2.24) is 10.2 Å². The van der Waals surface area contributed by atoms with E-state index >= 15 is 0 Å². The Morgan fingerprint density at radius 1 is 1.30 bits per heavy atom. The third kappa shape index (κ3) is 3.39. The van der Waals surface area contributed by atoms with Gasteiger partial charge in [0, 0.05) is 30.5 Å². The summed E-state index contributed by atoms with van der Waals surface area (Å²) in [6.07, 6.45) is 1.63. The molecule has 1 aliphatic rings. The Balaban J connectivity index is 1.96. The van der Waals surface area contributed by atoms with E-state index in [4.69, 9.17) is 0 Å². The van der Waals surface area contributed by atoms with Gasteiger partial charge in [0.15, 0.2) is 0 Å². The highest BCUT2D eigenvalue weighted by molar-refractivity contribution is 9.10. The fourth-order valence-corrected chi connectivity index (χ4v) is 2.87. The van der Waals surface area contributed by atoms with Crippen molar-refractivity contribution in [3.05, 3.63) is 33.8 Å².